The molecule has 0 bridgehead atoms. The van der Waals surface area contributed by atoms with Gasteiger partial charge >= 0.3 is 0 Å². The maximum atomic E-state index is 13.3. The summed E-state index contributed by atoms with van der Waals surface area (Å²) in [5, 5.41) is 8.35. The lowest BCUT2D eigenvalue weighted by atomic mass is 10.0. The minimum absolute atomic E-state index is 0. The molecule has 0 spiro atoms. The van der Waals surface area contributed by atoms with E-state index in [-0.39, 0.29) is 24.4 Å². The molecule has 7 heteroatoms. The van der Waals surface area contributed by atoms with Gasteiger partial charge in [-0.15, -0.1) is 12.4 Å². The summed E-state index contributed by atoms with van der Waals surface area (Å²) in [7, 11) is 0. The Balaban J connectivity index is 0.00000182. The van der Waals surface area contributed by atoms with Crippen LogP contribution in [0, 0.1) is 0 Å². The van der Waals surface area contributed by atoms with Crippen molar-refractivity contribution in [2.45, 2.75) is 51.5 Å². The highest BCUT2D eigenvalue weighted by molar-refractivity contribution is 6.06. The van der Waals surface area contributed by atoms with Gasteiger partial charge in [-0.25, -0.2) is 4.98 Å². The molecule has 0 aromatic carbocycles. The molecule has 1 aliphatic carbocycles. The lowest BCUT2D eigenvalue weighted by molar-refractivity contribution is 0.0657. The summed E-state index contributed by atoms with van der Waals surface area (Å²) in [5.74, 6) is 0.556. The molecule has 4 rings (SSSR count). The van der Waals surface area contributed by atoms with Crippen LogP contribution in [-0.2, 0) is 6.42 Å². The Kier molecular flexibility index (Phi) is 5.29. The fourth-order valence-corrected chi connectivity index (χ4v) is 3.49. The molecule has 0 radical (unpaired) electrons. The van der Waals surface area contributed by atoms with Crippen LogP contribution in [-0.4, -0.2) is 46.6 Å². The molecule has 1 atom stereocenters. The molecule has 1 saturated heterocycles. The van der Waals surface area contributed by atoms with E-state index in [1.54, 1.807) is 0 Å². The minimum Gasteiger partial charge on any atom is -0.336 e. The van der Waals surface area contributed by atoms with Gasteiger partial charge < -0.3 is 14.7 Å². The summed E-state index contributed by atoms with van der Waals surface area (Å²) in [5.41, 5.74) is 3.08. The number of aryl methyl sites for hydroxylation is 1. The highest BCUT2D eigenvalue weighted by atomic mass is 35.5. The Morgan fingerprint density at radius 3 is 2.92 bits per heavy atom. The van der Waals surface area contributed by atoms with Crippen molar-refractivity contribution in [3.63, 3.8) is 0 Å². The zero-order valence-corrected chi connectivity index (χ0v) is 15.6. The van der Waals surface area contributed by atoms with Gasteiger partial charge in [-0.05, 0) is 32.3 Å². The number of hydrogen-bond donors (Lipinski definition) is 1. The van der Waals surface area contributed by atoms with Crippen molar-refractivity contribution >= 4 is 29.4 Å². The molecule has 1 N–H and O–H groups in total. The van der Waals surface area contributed by atoms with Crippen LogP contribution in [0.1, 0.15) is 60.8 Å². The highest BCUT2D eigenvalue weighted by Gasteiger charge is 2.31. The monoisotopic (exact) mass is 364 g/mol. The Hall–Kier alpha value is -1.66. The van der Waals surface area contributed by atoms with Gasteiger partial charge in [0.1, 0.15) is 0 Å². The van der Waals surface area contributed by atoms with Crippen LogP contribution in [0.4, 0.5) is 0 Å². The third kappa shape index (κ3) is 3.37. The first-order valence-electron chi connectivity index (χ1n) is 9.00. The summed E-state index contributed by atoms with van der Waals surface area (Å²) in [6, 6.07) is 2.18. The molecule has 3 heterocycles. The van der Waals surface area contributed by atoms with Crippen molar-refractivity contribution < 1.29 is 9.32 Å². The predicted octanol–water partition coefficient (Wildman–Crippen LogP) is 2.91. The minimum atomic E-state index is 0. The second-order valence-corrected chi connectivity index (χ2v) is 6.98. The number of pyridine rings is 1. The molecule has 2 fully saturated rings. The summed E-state index contributed by atoms with van der Waals surface area (Å²) in [4.78, 5) is 19.9. The molecule has 2 aromatic heterocycles. The highest BCUT2D eigenvalue weighted by Crippen LogP contribution is 2.40. The van der Waals surface area contributed by atoms with Gasteiger partial charge in [-0.2, -0.15) is 0 Å². The average molecular weight is 365 g/mol. The lowest BCUT2D eigenvalue weighted by Crippen LogP contribution is -2.52. The van der Waals surface area contributed by atoms with Crippen molar-refractivity contribution in [2.24, 2.45) is 0 Å². The number of aromatic nitrogens is 2. The van der Waals surface area contributed by atoms with E-state index in [0.717, 1.165) is 67.7 Å². The summed E-state index contributed by atoms with van der Waals surface area (Å²) in [6.45, 7) is 6.60. The number of amides is 1. The first-order valence-corrected chi connectivity index (χ1v) is 9.00. The molecule has 6 nitrogen and oxygen atoms in total. The molecular formula is C18H25ClN4O2. The first-order chi connectivity index (χ1) is 11.7. The molecule has 1 saturated carbocycles. The second-order valence-electron chi connectivity index (χ2n) is 6.98. The van der Waals surface area contributed by atoms with Crippen LogP contribution in [0.2, 0.25) is 0 Å². The van der Waals surface area contributed by atoms with Gasteiger partial charge in [-0.1, -0.05) is 18.5 Å². The third-order valence-corrected chi connectivity index (χ3v) is 5.01. The van der Waals surface area contributed by atoms with Crippen LogP contribution < -0.4 is 5.32 Å². The van der Waals surface area contributed by atoms with E-state index in [0.29, 0.717) is 11.6 Å². The number of carbonyl (C=O) groups excluding carboxylic acids is 1. The van der Waals surface area contributed by atoms with Gasteiger partial charge in [0.25, 0.3) is 11.6 Å². The Morgan fingerprint density at radius 2 is 2.24 bits per heavy atom. The van der Waals surface area contributed by atoms with E-state index in [4.69, 9.17) is 4.52 Å². The number of nitrogens with zero attached hydrogens (tertiary/aromatic N) is 3. The fraction of sp³-hybridized carbons (Fsp3) is 0.611. The third-order valence-electron chi connectivity index (χ3n) is 5.01. The topological polar surface area (TPSA) is 71.3 Å². The predicted molar refractivity (Wildman–Crippen MR) is 98.4 cm³/mol. The molecule has 1 aliphatic heterocycles. The summed E-state index contributed by atoms with van der Waals surface area (Å²) >= 11 is 0. The van der Waals surface area contributed by atoms with Crippen molar-refractivity contribution in [2.75, 3.05) is 19.6 Å². The van der Waals surface area contributed by atoms with Crippen molar-refractivity contribution in [3.05, 3.63) is 23.0 Å². The number of nitrogens with one attached hydrogen (secondary N) is 1. The fourth-order valence-electron chi connectivity index (χ4n) is 3.49. The van der Waals surface area contributed by atoms with E-state index >= 15 is 0 Å². The molecule has 25 heavy (non-hydrogen) atoms. The standard InChI is InChI=1S/C18H24N4O2.ClH/c1-3-4-14-16-13(18(23)22-8-7-19-10-11(22)2)9-15(12-5-6-12)20-17(16)24-21-14;/h9,11-12,19H,3-8,10H2,1-2H3;1H. The van der Waals surface area contributed by atoms with Gasteiger partial charge in [0.15, 0.2) is 0 Å². The first kappa shape index (κ1) is 18.1. The quantitative estimate of drug-likeness (QED) is 0.903. The van der Waals surface area contributed by atoms with Gasteiger partial charge in [0.05, 0.1) is 16.6 Å². The summed E-state index contributed by atoms with van der Waals surface area (Å²) < 4.78 is 5.48. The van der Waals surface area contributed by atoms with E-state index in [9.17, 15) is 4.79 Å². The smallest absolute Gasteiger partial charge is 0.259 e. The normalized spacial score (nSPS) is 20.6. The van der Waals surface area contributed by atoms with Crippen molar-refractivity contribution in [1.29, 1.82) is 0 Å². The van der Waals surface area contributed by atoms with Crippen LogP contribution >= 0.6 is 12.4 Å². The zero-order valence-electron chi connectivity index (χ0n) is 14.7. The zero-order chi connectivity index (χ0) is 16.7. The Labute approximate surface area is 153 Å². The lowest BCUT2D eigenvalue weighted by Gasteiger charge is -2.34. The second kappa shape index (κ2) is 7.30. The SMILES string of the molecule is CCCc1noc2nc(C3CC3)cc(C(=O)N3CCNCC3C)c12.Cl. The van der Waals surface area contributed by atoms with Crippen LogP contribution in [0.25, 0.3) is 11.1 Å². The summed E-state index contributed by atoms with van der Waals surface area (Å²) in [6.07, 6.45) is 4.05. The molecule has 1 unspecified atom stereocenters. The van der Waals surface area contributed by atoms with Crippen LogP contribution in [0.5, 0.6) is 0 Å². The number of carbonyl (C=O) groups is 1. The van der Waals surface area contributed by atoms with Crippen LogP contribution in [0.15, 0.2) is 10.6 Å². The van der Waals surface area contributed by atoms with Gasteiger partial charge in [0.2, 0.25) is 0 Å². The number of halogens is 1. The molecule has 1 amide bonds. The number of rotatable bonds is 4. The molecule has 136 valence electrons. The Bertz CT molecular complexity index is 772. The molecule has 2 aliphatic rings. The largest absolute Gasteiger partial charge is 0.336 e. The maximum absolute atomic E-state index is 13.3. The van der Waals surface area contributed by atoms with E-state index in [1.807, 2.05) is 11.0 Å². The van der Waals surface area contributed by atoms with E-state index < -0.39 is 0 Å². The van der Waals surface area contributed by atoms with Crippen molar-refractivity contribution in [3.8, 4) is 0 Å². The average Bonchev–Trinajstić information content (AvgIpc) is 3.37. The molecular weight excluding hydrogens is 340 g/mol. The van der Waals surface area contributed by atoms with Gasteiger partial charge in [-0.3, -0.25) is 4.79 Å². The number of piperazine rings is 1. The van der Waals surface area contributed by atoms with E-state index in [2.05, 4.69) is 29.3 Å². The Morgan fingerprint density at radius 1 is 1.44 bits per heavy atom. The van der Waals surface area contributed by atoms with Crippen LogP contribution in [0.3, 0.4) is 0 Å². The van der Waals surface area contributed by atoms with E-state index in [1.165, 1.54) is 0 Å². The number of hydrogen-bond acceptors (Lipinski definition) is 5. The van der Waals surface area contributed by atoms with Gasteiger partial charge in [0, 0.05) is 37.3 Å². The number of fused-ring (bicyclic) bond motifs is 1. The van der Waals surface area contributed by atoms with Crippen molar-refractivity contribution in [1.82, 2.24) is 20.4 Å². The molecule has 2 aromatic rings. The maximum Gasteiger partial charge on any atom is 0.259 e.